The third-order valence-corrected chi connectivity index (χ3v) is 6.21. The SMILES string of the molecule is O=C1c2ccccc2C(Br)C12CCc1noc(C(F)(F)F)c1C2. The predicted molar refractivity (Wildman–Crippen MR) is 78.4 cm³/mol. The molecule has 120 valence electrons. The standard InChI is InChI=1S/C16H11BrF3NO2/c17-12-8-3-1-2-4-9(8)13(22)15(12)6-5-11-10(7-15)14(23-21-11)16(18,19)20/h1-4,12H,5-7H2. The summed E-state index contributed by atoms with van der Waals surface area (Å²) in [7, 11) is 0. The molecular weight excluding hydrogens is 375 g/mol. The van der Waals surface area contributed by atoms with Crippen molar-refractivity contribution in [1.82, 2.24) is 5.16 Å². The van der Waals surface area contributed by atoms with Gasteiger partial charge in [-0.15, -0.1) is 0 Å². The molecule has 0 N–H and O–H groups in total. The number of carbonyl (C=O) groups is 1. The van der Waals surface area contributed by atoms with E-state index in [9.17, 15) is 18.0 Å². The smallest absolute Gasteiger partial charge is 0.351 e. The van der Waals surface area contributed by atoms with Gasteiger partial charge in [0.15, 0.2) is 5.78 Å². The van der Waals surface area contributed by atoms with Crippen LogP contribution in [0.5, 0.6) is 0 Å². The molecule has 1 heterocycles. The Kier molecular flexibility index (Phi) is 3.04. The van der Waals surface area contributed by atoms with Gasteiger partial charge in [-0.2, -0.15) is 13.2 Å². The molecule has 23 heavy (non-hydrogen) atoms. The summed E-state index contributed by atoms with van der Waals surface area (Å²) in [6.45, 7) is 0. The first-order valence-corrected chi connectivity index (χ1v) is 8.08. The maximum absolute atomic E-state index is 13.1. The zero-order chi connectivity index (χ0) is 16.4. The highest BCUT2D eigenvalue weighted by molar-refractivity contribution is 9.09. The summed E-state index contributed by atoms with van der Waals surface area (Å²) >= 11 is 3.56. The van der Waals surface area contributed by atoms with Crippen molar-refractivity contribution in [3.05, 3.63) is 52.4 Å². The molecule has 0 amide bonds. The molecule has 2 aliphatic rings. The van der Waals surface area contributed by atoms with Crippen molar-refractivity contribution in [3.8, 4) is 0 Å². The molecule has 0 aliphatic heterocycles. The van der Waals surface area contributed by atoms with Crippen molar-refractivity contribution in [2.24, 2.45) is 5.41 Å². The van der Waals surface area contributed by atoms with E-state index in [1.807, 2.05) is 12.1 Å². The monoisotopic (exact) mass is 385 g/mol. The Hall–Kier alpha value is -1.63. The molecule has 0 radical (unpaired) electrons. The summed E-state index contributed by atoms with van der Waals surface area (Å²) in [6, 6.07) is 7.17. The second-order valence-corrected chi connectivity index (χ2v) is 6.96. The number of alkyl halides is 4. The van der Waals surface area contributed by atoms with Crippen molar-refractivity contribution >= 4 is 21.7 Å². The number of aryl methyl sites for hydroxylation is 1. The van der Waals surface area contributed by atoms with Gasteiger partial charge in [-0.1, -0.05) is 45.4 Å². The van der Waals surface area contributed by atoms with Crippen molar-refractivity contribution in [2.45, 2.75) is 30.3 Å². The highest BCUT2D eigenvalue weighted by atomic mass is 79.9. The maximum atomic E-state index is 13.1. The largest absolute Gasteiger partial charge is 0.452 e. The number of fused-ring (bicyclic) bond motifs is 2. The van der Waals surface area contributed by atoms with Crippen molar-refractivity contribution in [1.29, 1.82) is 0 Å². The lowest BCUT2D eigenvalue weighted by Crippen LogP contribution is -2.36. The minimum atomic E-state index is -4.60. The zero-order valence-corrected chi connectivity index (χ0v) is 13.4. The maximum Gasteiger partial charge on any atom is 0.452 e. The molecule has 2 atom stereocenters. The average molecular weight is 386 g/mol. The van der Waals surface area contributed by atoms with E-state index >= 15 is 0 Å². The molecule has 0 fully saturated rings. The van der Waals surface area contributed by atoms with E-state index < -0.39 is 17.4 Å². The van der Waals surface area contributed by atoms with Crippen LogP contribution in [0.1, 0.15) is 44.2 Å². The Morgan fingerprint density at radius 1 is 1.30 bits per heavy atom. The van der Waals surface area contributed by atoms with Crippen LogP contribution in [0.25, 0.3) is 0 Å². The Labute approximate surface area is 138 Å². The second kappa shape index (κ2) is 4.69. The number of aromatic nitrogens is 1. The van der Waals surface area contributed by atoms with Crippen LogP contribution in [0.4, 0.5) is 13.2 Å². The number of halogens is 4. The van der Waals surface area contributed by atoms with Gasteiger partial charge in [0, 0.05) is 11.1 Å². The topological polar surface area (TPSA) is 43.1 Å². The fraction of sp³-hybridized carbons (Fsp3) is 0.375. The first-order chi connectivity index (χ1) is 10.8. The van der Waals surface area contributed by atoms with E-state index in [1.54, 1.807) is 12.1 Å². The molecule has 1 aromatic carbocycles. The van der Waals surface area contributed by atoms with E-state index in [4.69, 9.17) is 0 Å². The fourth-order valence-electron chi connectivity index (χ4n) is 3.70. The van der Waals surface area contributed by atoms with Crippen molar-refractivity contribution < 1.29 is 22.5 Å². The third-order valence-electron chi connectivity index (χ3n) is 4.84. The van der Waals surface area contributed by atoms with E-state index in [2.05, 4.69) is 25.6 Å². The van der Waals surface area contributed by atoms with Crippen LogP contribution in [0, 0.1) is 5.41 Å². The van der Waals surface area contributed by atoms with Gasteiger partial charge >= 0.3 is 6.18 Å². The molecule has 2 aromatic rings. The predicted octanol–water partition coefficient (Wildman–Crippen LogP) is 4.50. The Bertz CT molecular complexity index is 814. The number of hydrogen-bond acceptors (Lipinski definition) is 3. The lowest BCUT2D eigenvalue weighted by molar-refractivity contribution is -0.156. The van der Waals surface area contributed by atoms with E-state index in [0.717, 1.165) is 5.56 Å². The van der Waals surface area contributed by atoms with Crippen LogP contribution in [0.3, 0.4) is 0 Å². The van der Waals surface area contributed by atoms with Crippen LogP contribution in [-0.4, -0.2) is 10.9 Å². The molecule has 3 nitrogen and oxygen atoms in total. The number of benzene rings is 1. The molecular formula is C16H11BrF3NO2. The number of hydrogen-bond donors (Lipinski definition) is 0. The molecule has 1 spiro atoms. The number of nitrogens with zero attached hydrogens (tertiary/aromatic N) is 1. The summed E-state index contributed by atoms with van der Waals surface area (Å²) in [4.78, 5) is 12.6. The molecule has 1 aromatic heterocycles. The van der Waals surface area contributed by atoms with Crippen LogP contribution in [-0.2, 0) is 19.0 Å². The van der Waals surface area contributed by atoms with Gasteiger partial charge in [0.2, 0.25) is 5.76 Å². The third kappa shape index (κ3) is 1.95. The van der Waals surface area contributed by atoms with Gasteiger partial charge in [-0.3, -0.25) is 4.79 Å². The van der Waals surface area contributed by atoms with E-state index in [-0.39, 0.29) is 22.6 Å². The van der Waals surface area contributed by atoms with Gasteiger partial charge in [0.1, 0.15) is 0 Å². The molecule has 2 unspecified atom stereocenters. The van der Waals surface area contributed by atoms with Gasteiger partial charge < -0.3 is 4.52 Å². The van der Waals surface area contributed by atoms with E-state index in [0.29, 0.717) is 24.1 Å². The molecule has 0 bridgehead atoms. The molecule has 0 saturated carbocycles. The van der Waals surface area contributed by atoms with Gasteiger partial charge in [0.05, 0.1) is 15.9 Å². The first kappa shape index (κ1) is 14.9. The van der Waals surface area contributed by atoms with E-state index in [1.165, 1.54) is 0 Å². The summed E-state index contributed by atoms with van der Waals surface area (Å²) in [5, 5.41) is 3.56. The Morgan fingerprint density at radius 2 is 2.04 bits per heavy atom. The number of Topliss-reactive ketones (excluding diaryl/α,β-unsaturated/α-hetero) is 1. The minimum Gasteiger partial charge on any atom is -0.351 e. The molecule has 2 aliphatic carbocycles. The molecule has 0 saturated heterocycles. The highest BCUT2D eigenvalue weighted by Gasteiger charge is 2.55. The lowest BCUT2D eigenvalue weighted by atomic mass is 9.70. The first-order valence-electron chi connectivity index (χ1n) is 7.17. The summed E-state index contributed by atoms with van der Waals surface area (Å²) in [6.07, 6.45) is -3.86. The van der Waals surface area contributed by atoms with Crippen LogP contribution >= 0.6 is 15.9 Å². The highest BCUT2D eigenvalue weighted by Crippen LogP contribution is 2.57. The minimum absolute atomic E-state index is 0.00981. The Balaban J connectivity index is 1.82. The Morgan fingerprint density at radius 3 is 2.74 bits per heavy atom. The average Bonchev–Trinajstić information content (AvgIpc) is 3.03. The summed E-state index contributed by atoms with van der Waals surface area (Å²) in [5.74, 6) is -1.18. The van der Waals surface area contributed by atoms with Crippen LogP contribution in [0.15, 0.2) is 28.8 Å². The van der Waals surface area contributed by atoms with Gasteiger partial charge in [0.25, 0.3) is 0 Å². The summed E-state index contributed by atoms with van der Waals surface area (Å²) in [5.41, 5.74) is 0.858. The molecule has 4 rings (SSSR count). The van der Waals surface area contributed by atoms with Crippen LogP contribution < -0.4 is 0 Å². The lowest BCUT2D eigenvalue weighted by Gasteiger charge is -2.34. The quantitative estimate of drug-likeness (QED) is 0.627. The van der Waals surface area contributed by atoms with Gasteiger partial charge in [-0.25, -0.2) is 0 Å². The second-order valence-electron chi connectivity index (χ2n) is 6.05. The molecule has 7 heteroatoms. The zero-order valence-electron chi connectivity index (χ0n) is 11.8. The van der Waals surface area contributed by atoms with Crippen molar-refractivity contribution in [2.75, 3.05) is 0 Å². The fourth-order valence-corrected chi connectivity index (χ4v) is 4.70. The van der Waals surface area contributed by atoms with Crippen molar-refractivity contribution in [3.63, 3.8) is 0 Å². The normalized spacial score (nSPS) is 26.4. The number of rotatable bonds is 0. The van der Waals surface area contributed by atoms with Gasteiger partial charge in [-0.05, 0) is 24.8 Å². The number of ketones is 1. The van der Waals surface area contributed by atoms with Crippen LogP contribution in [0.2, 0.25) is 0 Å². The summed E-state index contributed by atoms with van der Waals surface area (Å²) < 4.78 is 43.9. The number of carbonyl (C=O) groups excluding carboxylic acids is 1.